The number of ether oxygens (including phenoxy) is 1. The molecule has 0 fully saturated rings. The Bertz CT molecular complexity index is 1130. The van der Waals surface area contributed by atoms with Crippen molar-refractivity contribution in [3.8, 4) is 0 Å². The number of esters is 1. The van der Waals surface area contributed by atoms with Crippen molar-refractivity contribution in [2.45, 2.75) is 39.1 Å². The lowest BCUT2D eigenvalue weighted by Gasteiger charge is -2.31. The van der Waals surface area contributed by atoms with Crippen LogP contribution in [0.2, 0.25) is 5.15 Å². The SMILES string of the molecule is Cc1c(Cl)nc(N[C@H]([C@H](C)c2ccccc2)N(C)C)c(=O)n1CC(=O)OCc1ccccc1. The molecule has 3 aromatic rings. The highest BCUT2D eigenvalue weighted by atomic mass is 35.5. The molecule has 0 aliphatic rings. The third-order valence-electron chi connectivity index (χ3n) is 5.53. The maximum atomic E-state index is 13.2. The van der Waals surface area contributed by atoms with Crippen LogP contribution in [-0.4, -0.2) is 40.7 Å². The van der Waals surface area contributed by atoms with E-state index in [1.54, 1.807) is 6.92 Å². The highest BCUT2D eigenvalue weighted by molar-refractivity contribution is 6.30. The van der Waals surface area contributed by atoms with E-state index in [0.29, 0.717) is 5.69 Å². The molecule has 0 unspecified atom stereocenters. The number of aromatic nitrogens is 2. The Morgan fingerprint density at radius 2 is 1.73 bits per heavy atom. The first kappa shape index (κ1) is 24.5. The predicted molar refractivity (Wildman–Crippen MR) is 130 cm³/mol. The Kier molecular flexibility index (Phi) is 8.25. The van der Waals surface area contributed by atoms with E-state index in [1.165, 1.54) is 4.57 Å². The Labute approximate surface area is 199 Å². The summed E-state index contributed by atoms with van der Waals surface area (Å²) in [6, 6.07) is 19.4. The zero-order valence-electron chi connectivity index (χ0n) is 19.3. The van der Waals surface area contributed by atoms with Crippen LogP contribution in [0.4, 0.5) is 5.82 Å². The van der Waals surface area contributed by atoms with Gasteiger partial charge in [-0.2, -0.15) is 0 Å². The van der Waals surface area contributed by atoms with Crippen molar-refractivity contribution in [2.75, 3.05) is 19.4 Å². The average Bonchev–Trinajstić information content (AvgIpc) is 2.82. The van der Waals surface area contributed by atoms with E-state index in [0.717, 1.165) is 11.1 Å². The van der Waals surface area contributed by atoms with Crippen molar-refractivity contribution in [3.63, 3.8) is 0 Å². The molecule has 1 aromatic heterocycles. The van der Waals surface area contributed by atoms with Gasteiger partial charge >= 0.3 is 5.97 Å². The number of nitrogens with zero attached hydrogens (tertiary/aromatic N) is 3. The molecule has 2 atom stereocenters. The van der Waals surface area contributed by atoms with Gasteiger partial charge in [0, 0.05) is 5.92 Å². The van der Waals surface area contributed by atoms with Gasteiger partial charge in [0.1, 0.15) is 13.2 Å². The fourth-order valence-electron chi connectivity index (χ4n) is 3.60. The topological polar surface area (TPSA) is 76.5 Å². The minimum absolute atomic E-state index is 0.0479. The van der Waals surface area contributed by atoms with Gasteiger partial charge in [-0.15, -0.1) is 0 Å². The molecule has 8 heteroatoms. The Morgan fingerprint density at radius 1 is 1.12 bits per heavy atom. The monoisotopic (exact) mass is 468 g/mol. The van der Waals surface area contributed by atoms with Gasteiger partial charge in [0.25, 0.3) is 5.56 Å². The average molecular weight is 469 g/mol. The van der Waals surface area contributed by atoms with Crippen LogP contribution in [0, 0.1) is 6.92 Å². The lowest BCUT2D eigenvalue weighted by Crippen LogP contribution is -2.42. The van der Waals surface area contributed by atoms with E-state index < -0.39 is 11.5 Å². The molecule has 0 saturated carbocycles. The lowest BCUT2D eigenvalue weighted by molar-refractivity contribution is -0.145. The highest BCUT2D eigenvalue weighted by Crippen LogP contribution is 2.23. The number of carbonyl (C=O) groups is 1. The Morgan fingerprint density at radius 3 is 2.33 bits per heavy atom. The van der Waals surface area contributed by atoms with Gasteiger partial charge in [-0.3, -0.25) is 19.1 Å². The number of nitrogens with one attached hydrogen (secondary N) is 1. The van der Waals surface area contributed by atoms with Gasteiger partial charge in [-0.25, -0.2) is 4.98 Å². The fraction of sp³-hybridized carbons (Fsp3) is 0.320. The van der Waals surface area contributed by atoms with Gasteiger partial charge < -0.3 is 10.1 Å². The normalized spacial score (nSPS) is 12.9. The maximum absolute atomic E-state index is 13.2. The molecule has 0 saturated heterocycles. The van der Waals surface area contributed by atoms with Crippen LogP contribution in [0.5, 0.6) is 0 Å². The summed E-state index contributed by atoms with van der Waals surface area (Å²) in [5.74, 6) is -0.395. The molecule has 174 valence electrons. The van der Waals surface area contributed by atoms with E-state index in [-0.39, 0.29) is 36.2 Å². The van der Waals surface area contributed by atoms with E-state index in [4.69, 9.17) is 16.3 Å². The number of halogens is 1. The number of carbonyl (C=O) groups excluding carboxylic acids is 1. The van der Waals surface area contributed by atoms with E-state index >= 15 is 0 Å². The van der Waals surface area contributed by atoms with Crippen molar-refractivity contribution < 1.29 is 9.53 Å². The third kappa shape index (κ3) is 6.21. The van der Waals surface area contributed by atoms with Crippen molar-refractivity contribution in [2.24, 2.45) is 0 Å². The zero-order chi connectivity index (χ0) is 24.0. The number of rotatable bonds is 9. The summed E-state index contributed by atoms with van der Waals surface area (Å²) < 4.78 is 6.64. The summed E-state index contributed by atoms with van der Waals surface area (Å²) in [4.78, 5) is 31.9. The van der Waals surface area contributed by atoms with Crippen molar-refractivity contribution in [1.29, 1.82) is 0 Å². The number of likely N-dealkylation sites (N-methyl/N-ethyl adjacent to an activating group) is 1. The van der Waals surface area contributed by atoms with Gasteiger partial charge in [0.2, 0.25) is 0 Å². The van der Waals surface area contributed by atoms with E-state index in [1.807, 2.05) is 79.7 Å². The van der Waals surface area contributed by atoms with E-state index in [2.05, 4.69) is 17.2 Å². The Hall–Kier alpha value is -3.16. The van der Waals surface area contributed by atoms with Crippen LogP contribution >= 0.6 is 11.6 Å². The number of benzene rings is 2. The van der Waals surface area contributed by atoms with Gasteiger partial charge in [0.15, 0.2) is 11.0 Å². The molecule has 0 aliphatic carbocycles. The molecule has 2 aromatic carbocycles. The van der Waals surface area contributed by atoms with E-state index in [9.17, 15) is 9.59 Å². The third-order valence-corrected chi connectivity index (χ3v) is 5.89. The number of anilines is 1. The quantitative estimate of drug-likeness (QED) is 0.377. The smallest absolute Gasteiger partial charge is 0.326 e. The molecular formula is C25H29ClN4O3. The first-order valence-corrected chi connectivity index (χ1v) is 11.1. The molecule has 1 heterocycles. The van der Waals surface area contributed by atoms with Crippen LogP contribution in [0.15, 0.2) is 65.5 Å². The second-order valence-electron chi connectivity index (χ2n) is 8.13. The van der Waals surface area contributed by atoms with Crippen molar-refractivity contribution in [3.05, 3.63) is 93.0 Å². The summed E-state index contributed by atoms with van der Waals surface area (Å²) in [7, 11) is 3.85. The molecule has 7 nitrogen and oxygen atoms in total. The summed E-state index contributed by atoms with van der Waals surface area (Å²) in [5.41, 5.74) is 1.96. The number of hydrogen-bond donors (Lipinski definition) is 1. The maximum Gasteiger partial charge on any atom is 0.326 e. The van der Waals surface area contributed by atoms with Crippen molar-refractivity contribution in [1.82, 2.24) is 14.5 Å². The predicted octanol–water partition coefficient (Wildman–Crippen LogP) is 4.05. The summed E-state index contributed by atoms with van der Waals surface area (Å²) in [6.07, 6.45) is -0.232. The molecule has 0 aliphatic heterocycles. The van der Waals surface area contributed by atoms with Crippen LogP contribution in [0.25, 0.3) is 0 Å². The molecular weight excluding hydrogens is 440 g/mol. The summed E-state index contributed by atoms with van der Waals surface area (Å²) in [5, 5.41) is 3.38. The molecule has 0 bridgehead atoms. The largest absolute Gasteiger partial charge is 0.459 e. The van der Waals surface area contributed by atoms with Gasteiger partial charge in [-0.05, 0) is 32.1 Å². The van der Waals surface area contributed by atoms with Crippen LogP contribution in [0.3, 0.4) is 0 Å². The zero-order valence-corrected chi connectivity index (χ0v) is 20.0. The summed E-state index contributed by atoms with van der Waals surface area (Å²) in [6.45, 7) is 3.60. The fourth-order valence-corrected chi connectivity index (χ4v) is 3.78. The van der Waals surface area contributed by atoms with Gasteiger partial charge in [0.05, 0.1) is 11.9 Å². The minimum atomic E-state index is -0.529. The van der Waals surface area contributed by atoms with Crippen LogP contribution in [-0.2, 0) is 22.7 Å². The van der Waals surface area contributed by atoms with Crippen LogP contribution < -0.4 is 10.9 Å². The molecule has 1 N–H and O–H groups in total. The number of hydrogen-bond acceptors (Lipinski definition) is 6. The molecule has 33 heavy (non-hydrogen) atoms. The lowest BCUT2D eigenvalue weighted by atomic mass is 9.97. The first-order chi connectivity index (χ1) is 15.8. The molecule has 0 amide bonds. The first-order valence-electron chi connectivity index (χ1n) is 10.7. The second kappa shape index (κ2) is 11.1. The van der Waals surface area contributed by atoms with Gasteiger partial charge in [-0.1, -0.05) is 79.2 Å². The highest BCUT2D eigenvalue weighted by Gasteiger charge is 2.24. The standard InChI is InChI=1S/C25H29ClN4O3/c1-17(20-13-9-6-10-14-20)24(29(3)4)28-23-25(32)30(18(2)22(26)27-23)15-21(31)33-16-19-11-7-5-8-12-19/h5-14,17,24H,15-16H2,1-4H3,(H,27,28)/t17-,24+/m1/s1. The summed E-state index contributed by atoms with van der Waals surface area (Å²) >= 11 is 6.33. The molecule has 0 radical (unpaired) electrons. The Balaban J connectivity index is 1.81. The second-order valence-corrected chi connectivity index (χ2v) is 8.48. The molecule has 0 spiro atoms. The molecule has 3 rings (SSSR count). The van der Waals surface area contributed by atoms with Crippen LogP contribution in [0.1, 0.15) is 29.7 Å². The van der Waals surface area contributed by atoms with Crippen molar-refractivity contribution >= 4 is 23.4 Å². The minimum Gasteiger partial charge on any atom is -0.459 e.